The summed E-state index contributed by atoms with van der Waals surface area (Å²) in [5, 5.41) is 10.4. The van der Waals surface area contributed by atoms with Crippen molar-refractivity contribution in [3.05, 3.63) is 60.3 Å². The minimum absolute atomic E-state index is 0.219. The van der Waals surface area contributed by atoms with E-state index in [1.165, 1.54) is 11.9 Å². The minimum atomic E-state index is -0.720. The summed E-state index contributed by atoms with van der Waals surface area (Å²) in [6, 6.07) is 8.11. The molecule has 2 unspecified atom stereocenters. The summed E-state index contributed by atoms with van der Waals surface area (Å²) in [6.45, 7) is 2.56. The van der Waals surface area contributed by atoms with Crippen molar-refractivity contribution in [2.75, 3.05) is 26.7 Å². The molecule has 0 aliphatic carbocycles. The number of aliphatic carboxylic acids is 1. The van der Waals surface area contributed by atoms with Crippen molar-refractivity contribution >= 4 is 16.9 Å². The maximum Gasteiger partial charge on any atom is 0.303 e. The molecule has 0 saturated carbocycles. The summed E-state index contributed by atoms with van der Waals surface area (Å²) in [5.74, 6) is 7.37. The van der Waals surface area contributed by atoms with Crippen LogP contribution in [0.2, 0.25) is 0 Å². The second-order valence-corrected chi connectivity index (χ2v) is 9.15. The maximum absolute atomic E-state index is 11.3. The minimum Gasteiger partial charge on any atom is -0.497 e. The SMILES string of the molecule is COc1ccc2nccc(CCCC3CCN(CC#Cc4cncnc4)CC3CCC(=O)O)c2c1. The first kappa shape index (κ1) is 24.6. The van der Waals surface area contributed by atoms with Crippen LogP contribution in [0.5, 0.6) is 5.75 Å². The molecule has 0 spiro atoms. The third-order valence-corrected chi connectivity index (χ3v) is 6.86. The lowest BCUT2D eigenvalue weighted by Gasteiger charge is -2.38. The molecule has 1 fully saturated rings. The fraction of sp³-hybridized carbons (Fsp3) is 0.429. The van der Waals surface area contributed by atoms with Gasteiger partial charge in [0.15, 0.2) is 0 Å². The normalized spacial score (nSPS) is 18.1. The Hall–Kier alpha value is -3.50. The summed E-state index contributed by atoms with van der Waals surface area (Å²) in [4.78, 5) is 26.1. The van der Waals surface area contributed by atoms with Crippen LogP contribution in [0.3, 0.4) is 0 Å². The Morgan fingerprint density at radius 3 is 2.86 bits per heavy atom. The van der Waals surface area contributed by atoms with Gasteiger partial charge in [-0.15, -0.1) is 0 Å². The van der Waals surface area contributed by atoms with Crippen LogP contribution in [0.4, 0.5) is 0 Å². The largest absolute Gasteiger partial charge is 0.497 e. The zero-order chi connectivity index (χ0) is 24.5. The van der Waals surface area contributed by atoms with E-state index >= 15 is 0 Å². The summed E-state index contributed by atoms with van der Waals surface area (Å²) < 4.78 is 5.40. The Labute approximate surface area is 206 Å². The molecule has 2 aromatic heterocycles. The Balaban J connectivity index is 1.35. The number of benzene rings is 1. The monoisotopic (exact) mass is 472 g/mol. The number of carboxylic acid groups (broad SMARTS) is 1. The molecule has 1 aliphatic heterocycles. The van der Waals surface area contributed by atoms with Crippen LogP contribution in [0.25, 0.3) is 10.9 Å². The van der Waals surface area contributed by atoms with Crippen LogP contribution in [0.1, 0.15) is 43.2 Å². The average molecular weight is 473 g/mol. The fourth-order valence-electron chi connectivity index (χ4n) is 5.01. The van der Waals surface area contributed by atoms with Crippen LogP contribution < -0.4 is 4.74 Å². The quantitative estimate of drug-likeness (QED) is 0.467. The molecule has 1 N–H and O–H groups in total. The number of aryl methyl sites for hydroxylation is 1. The van der Waals surface area contributed by atoms with Crippen LogP contribution >= 0.6 is 0 Å². The molecule has 4 rings (SSSR count). The molecule has 3 heterocycles. The summed E-state index contributed by atoms with van der Waals surface area (Å²) in [7, 11) is 1.68. The Morgan fingerprint density at radius 1 is 1.20 bits per heavy atom. The molecule has 35 heavy (non-hydrogen) atoms. The number of carboxylic acids is 1. The Bertz CT molecular complexity index is 1190. The van der Waals surface area contributed by atoms with Crippen molar-refractivity contribution in [2.24, 2.45) is 11.8 Å². The highest BCUT2D eigenvalue weighted by Crippen LogP contribution is 2.32. The molecule has 1 aliphatic rings. The van der Waals surface area contributed by atoms with Gasteiger partial charge in [-0.25, -0.2) is 9.97 Å². The second-order valence-electron chi connectivity index (χ2n) is 9.15. The Morgan fingerprint density at radius 2 is 2.06 bits per heavy atom. The van der Waals surface area contributed by atoms with Gasteiger partial charge in [0.25, 0.3) is 0 Å². The van der Waals surface area contributed by atoms with E-state index in [4.69, 9.17) is 4.74 Å². The molecule has 7 heteroatoms. The Kier molecular flexibility index (Phi) is 8.63. The van der Waals surface area contributed by atoms with Gasteiger partial charge in [-0.3, -0.25) is 14.7 Å². The lowest BCUT2D eigenvalue weighted by Crippen LogP contribution is -2.41. The van der Waals surface area contributed by atoms with Gasteiger partial charge in [-0.05, 0) is 80.3 Å². The first-order valence-electron chi connectivity index (χ1n) is 12.2. The van der Waals surface area contributed by atoms with Crippen molar-refractivity contribution in [3.8, 4) is 17.6 Å². The standard InChI is InChI=1S/C28H32N4O3/c1-35-25-8-9-27-26(16-25)23(11-13-31-27)6-2-5-22-12-15-32(19-24(22)7-10-28(33)34)14-3-4-21-17-29-20-30-18-21/h8-9,11,13,16-18,20,22,24H,2,5-7,10,12,14-15,19H2,1H3,(H,33,34). The van der Waals surface area contributed by atoms with Crippen molar-refractivity contribution in [3.63, 3.8) is 0 Å². The van der Waals surface area contributed by atoms with Crippen LogP contribution in [0.15, 0.2) is 49.2 Å². The van der Waals surface area contributed by atoms with Crippen LogP contribution in [-0.2, 0) is 11.2 Å². The number of carbonyl (C=O) groups is 1. The van der Waals surface area contributed by atoms with Gasteiger partial charge >= 0.3 is 5.97 Å². The summed E-state index contributed by atoms with van der Waals surface area (Å²) in [6.07, 6.45) is 11.9. The van der Waals surface area contributed by atoms with E-state index in [-0.39, 0.29) is 6.42 Å². The van der Waals surface area contributed by atoms with E-state index < -0.39 is 5.97 Å². The lowest BCUT2D eigenvalue weighted by atomic mass is 9.79. The van der Waals surface area contributed by atoms with Crippen molar-refractivity contribution in [1.29, 1.82) is 0 Å². The van der Waals surface area contributed by atoms with Gasteiger partial charge in [-0.2, -0.15) is 0 Å². The molecule has 0 radical (unpaired) electrons. The van der Waals surface area contributed by atoms with Gasteiger partial charge in [0.1, 0.15) is 12.1 Å². The number of piperidine rings is 1. The third kappa shape index (κ3) is 7.00. The number of methoxy groups -OCH3 is 1. The van der Waals surface area contributed by atoms with Gasteiger partial charge in [0.2, 0.25) is 0 Å². The van der Waals surface area contributed by atoms with Crippen LogP contribution in [0, 0.1) is 23.7 Å². The maximum atomic E-state index is 11.3. The molecule has 0 bridgehead atoms. The second kappa shape index (κ2) is 12.3. The first-order valence-corrected chi connectivity index (χ1v) is 12.2. The number of pyridine rings is 1. The highest BCUT2D eigenvalue weighted by Gasteiger charge is 2.28. The zero-order valence-corrected chi connectivity index (χ0v) is 20.2. The number of hydrogen-bond acceptors (Lipinski definition) is 6. The first-order chi connectivity index (χ1) is 17.1. The van der Waals surface area contributed by atoms with Crippen LogP contribution in [-0.4, -0.2) is 57.7 Å². The number of ether oxygens (including phenoxy) is 1. The molecule has 1 aromatic carbocycles. The third-order valence-electron chi connectivity index (χ3n) is 6.86. The molecule has 7 nitrogen and oxygen atoms in total. The number of hydrogen-bond donors (Lipinski definition) is 1. The molecular formula is C28H32N4O3. The zero-order valence-electron chi connectivity index (χ0n) is 20.2. The lowest BCUT2D eigenvalue weighted by molar-refractivity contribution is -0.137. The van der Waals surface area contributed by atoms with Gasteiger partial charge in [0.05, 0.1) is 24.7 Å². The number of likely N-dealkylation sites (tertiary alicyclic amines) is 1. The van der Waals surface area contributed by atoms with E-state index in [9.17, 15) is 9.90 Å². The van der Waals surface area contributed by atoms with E-state index in [1.54, 1.807) is 19.5 Å². The molecule has 0 amide bonds. The topological polar surface area (TPSA) is 88.4 Å². The van der Waals surface area contributed by atoms with Gasteiger partial charge < -0.3 is 9.84 Å². The predicted octanol–water partition coefficient (Wildman–Crippen LogP) is 4.21. The number of aromatic nitrogens is 3. The summed E-state index contributed by atoms with van der Waals surface area (Å²) in [5.41, 5.74) is 3.08. The van der Waals surface area contributed by atoms with Gasteiger partial charge in [-0.1, -0.05) is 11.8 Å². The van der Waals surface area contributed by atoms with Crippen molar-refractivity contribution in [1.82, 2.24) is 19.9 Å². The number of rotatable bonds is 9. The number of fused-ring (bicyclic) bond motifs is 1. The predicted molar refractivity (Wildman–Crippen MR) is 135 cm³/mol. The highest BCUT2D eigenvalue weighted by atomic mass is 16.5. The van der Waals surface area contributed by atoms with E-state index in [0.717, 1.165) is 61.0 Å². The molecule has 3 aromatic rings. The molecule has 182 valence electrons. The van der Waals surface area contributed by atoms with E-state index in [0.29, 0.717) is 24.8 Å². The highest BCUT2D eigenvalue weighted by molar-refractivity contribution is 5.83. The van der Waals surface area contributed by atoms with Crippen molar-refractivity contribution < 1.29 is 14.6 Å². The summed E-state index contributed by atoms with van der Waals surface area (Å²) >= 11 is 0. The molecule has 2 atom stereocenters. The van der Waals surface area contributed by atoms with E-state index in [1.807, 2.05) is 18.3 Å². The molecule has 1 saturated heterocycles. The number of nitrogens with zero attached hydrogens (tertiary/aromatic N) is 4. The fourth-order valence-corrected chi connectivity index (χ4v) is 5.01. The van der Waals surface area contributed by atoms with Gasteiger partial charge in [0, 0.05) is 36.9 Å². The molecular weight excluding hydrogens is 440 g/mol. The average Bonchev–Trinajstić information content (AvgIpc) is 2.88. The smallest absolute Gasteiger partial charge is 0.303 e. The van der Waals surface area contributed by atoms with Crippen molar-refractivity contribution in [2.45, 2.75) is 38.5 Å². The van der Waals surface area contributed by atoms with E-state index in [2.05, 4.69) is 43.8 Å².